The van der Waals surface area contributed by atoms with Gasteiger partial charge in [0.25, 0.3) is 0 Å². The van der Waals surface area contributed by atoms with Crippen molar-refractivity contribution in [3.8, 4) is 0 Å². The number of hydrogen-bond donors (Lipinski definition) is 0. The van der Waals surface area contributed by atoms with Crippen LogP contribution >= 0.6 is 0 Å². The Hall–Kier alpha value is -2.36. The van der Waals surface area contributed by atoms with E-state index in [1.54, 1.807) is 6.07 Å². The molecular formula is C15H9F3O. The lowest BCUT2D eigenvalue weighted by Gasteiger charge is -1.98. The molecule has 1 nitrogen and oxygen atoms in total. The third-order valence-corrected chi connectivity index (χ3v) is 2.47. The highest BCUT2D eigenvalue weighted by Gasteiger charge is 2.09. The van der Waals surface area contributed by atoms with E-state index in [4.69, 9.17) is 0 Å². The third kappa shape index (κ3) is 3.31. The number of benzene rings is 2. The molecule has 0 atom stereocenters. The van der Waals surface area contributed by atoms with Crippen LogP contribution < -0.4 is 0 Å². The number of carbonyl (C=O) groups excluding carboxylic acids is 1. The molecule has 0 radical (unpaired) electrons. The molecule has 0 heterocycles. The molecule has 0 aliphatic carbocycles. The predicted octanol–water partition coefficient (Wildman–Crippen LogP) is 4.00. The maximum atomic E-state index is 13.3. The second-order valence-corrected chi connectivity index (χ2v) is 3.88. The van der Waals surface area contributed by atoms with Crippen molar-refractivity contribution in [2.45, 2.75) is 0 Å². The zero-order valence-electron chi connectivity index (χ0n) is 9.74. The first-order valence-corrected chi connectivity index (χ1v) is 5.49. The van der Waals surface area contributed by atoms with Gasteiger partial charge in [-0.3, -0.25) is 4.79 Å². The van der Waals surface area contributed by atoms with Crippen LogP contribution in [0.2, 0.25) is 0 Å². The molecular weight excluding hydrogens is 253 g/mol. The molecule has 0 fully saturated rings. The summed E-state index contributed by atoms with van der Waals surface area (Å²) in [6.45, 7) is 0. The van der Waals surface area contributed by atoms with E-state index in [9.17, 15) is 18.0 Å². The van der Waals surface area contributed by atoms with Crippen LogP contribution in [-0.4, -0.2) is 5.78 Å². The number of halogens is 3. The molecule has 2 rings (SSSR count). The lowest BCUT2D eigenvalue weighted by Crippen LogP contribution is -1.99. The van der Waals surface area contributed by atoms with E-state index in [1.807, 2.05) is 0 Å². The summed E-state index contributed by atoms with van der Waals surface area (Å²) in [7, 11) is 0. The van der Waals surface area contributed by atoms with Crippen LogP contribution in [0.3, 0.4) is 0 Å². The van der Waals surface area contributed by atoms with Gasteiger partial charge in [0, 0.05) is 6.07 Å². The maximum absolute atomic E-state index is 13.3. The van der Waals surface area contributed by atoms with Gasteiger partial charge in [-0.05, 0) is 35.9 Å². The largest absolute Gasteiger partial charge is 0.289 e. The van der Waals surface area contributed by atoms with Gasteiger partial charge in [0.2, 0.25) is 0 Å². The van der Waals surface area contributed by atoms with Crippen LogP contribution in [-0.2, 0) is 0 Å². The SMILES string of the molecule is O=C(/C=C/c1cccc(F)c1)c1ccc(F)cc1F. The average molecular weight is 262 g/mol. The molecule has 0 spiro atoms. The number of rotatable bonds is 3. The minimum atomic E-state index is -0.922. The molecule has 19 heavy (non-hydrogen) atoms. The summed E-state index contributed by atoms with van der Waals surface area (Å²) < 4.78 is 38.9. The molecule has 0 N–H and O–H groups in total. The second kappa shape index (κ2) is 5.52. The van der Waals surface area contributed by atoms with Crippen LogP contribution in [0.4, 0.5) is 13.2 Å². The highest BCUT2D eigenvalue weighted by Crippen LogP contribution is 2.12. The topological polar surface area (TPSA) is 17.1 Å². The van der Waals surface area contributed by atoms with Gasteiger partial charge in [-0.25, -0.2) is 13.2 Å². The molecule has 0 aromatic heterocycles. The molecule has 0 saturated carbocycles. The molecule has 0 aliphatic rings. The van der Waals surface area contributed by atoms with Crippen LogP contribution in [0.15, 0.2) is 48.5 Å². The molecule has 0 bridgehead atoms. The normalized spacial score (nSPS) is 10.9. The predicted molar refractivity (Wildman–Crippen MR) is 66.1 cm³/mol. The van der Waals surface area contributed by atoms with Gasteiger partial charge in [-0.1, -0.05) is 18.2 Å². The van der Waals surface area contributed by atoms with Crippen LogP contribution in [0, 0.1) is 17.5 Å². The second-order valence-electron chi connectivity index (χ2n) is 3.88. The van der Waals surface area contributed by atoms with Gasteiger partial charge in [0.05, 0.1) is 5.56 Å². The van der Waals surface area contributed by atoms with Gasteiger partial charge in [0.15, 0.2) is 5.78 Å². The molecule has 0 aliphatic heterocycles. The van der Waals surface area contributed by atoms with Gasteiger partial charge in [-0.15, -0.1) is 0 Å². The van der Waals surface area contributed by atoms with Crippen molar-refractivity contribution in [2.75, 3.05) is 0 Å². The molecule has 0 saturated heterocycles. The monoisotopic (exact) mass is 262 g/mol. The lowest BCUT2D eigenvalue weighted by molar-refractivity contribution is 0.104. The van der Waals surface area contributed by atoms with Gasteiger partial charge >= 0.3 is 0 Å². The van der Waals surface area contributed by atoms with Gasteiger partial charge < -0.3 is 0 Å². The van der Waals surface area contributed by atoms with E-state index in [2.05, 4.69) is 0 Å². The standard InChI is InChI=1S/C15H9F3O/c16-11-3-1-2-10(8-11)4-7-15(19)13-6-5-12(17)9-14(13)18/h1-9H/b7-4+. The van der Waals surface area contributed by atoms with Crippen LogP contribution in [0.1, 0.15) is 15.9 Å². The Morgan fingerprint density at radius 3 is 2.37 bits per heavy atom. The number of ketones is 1. The highest BCUT2D eigenvalue weighted by molar-refractivity contribution is 6.06. The zero-order chi connectivity index (χ0) is 13.8. The minimum Gasteiger partial charge on any atom is -0.289 e. The summed E-state index contributed by atoms with van der Waals surface area (Å²) in [5.74, 6) is -2.71. The van der Waals surface area contributed by atoms with E-state index in [-0.39, 0.29) is 5.56 Å². The first-order valence-electron chi connectivity index (χ1n) is 5.49. The maximum Gasteiger partial charge on any atom is 0.188 e. The van der Waals surface area contributed by atoms with Crippen molar-refractivity contribution in [1.82, 2.24) is 0 Å². The molecule has 2 aromatic carbocycles. The lowest BCUT2D eigenvalue weighted by atomic mass is 10.1. The van der Waals surface area contributed by atoms with Crippen molar-refractivity contribution in [3.05, 3.63) is 77.1 Å². The van der Waals surface area contributed by atoms with Crippen LogP contribution in [0.5, 0.6) is 0 Å². The number of allylic oxidation sites excluding steroid dienone is 1. The fourth-order valence-corrected chi connectivity index (χ4v) is 1.56. The Morgan fingerprint density at radius 2 is 1.68 bits per heavy atom. The van der Waals surface area contributed by atoms with E-state index in [0.29, 0.717) is 11.6 Å². The van der Waals surface area contributed by atoms with E-state index in [1.165, 1.54) is 24.3 Å². The first kappa shape index (κ1) is 13.1. The Labute approximate surface area is 108 Å². The van der Waals surface area contributed by atoms with Crippen molar-refractivity contribution in [3.63, 3.8) is 0 Å². The van der Waals surface area contributed by atoms with Gasteiger partial charge in [-0.2, -0.15) is 0 Å². The summed E-state index contributed by atoms with van der Waals surface area (Å²) in [5, 5.41) is 0. The summed E-state index contributed by atoms with van der Waals surface area (Å²) in [6.07, 6.45) is 2.49. The van der Waals surface area contributed by atoms with E-state index < -0.39 is 23.2 Å². The zero-order valence-corrected chi connectivity index (χ0v) is 9.74. The Balaban J connectivity index is 2.21. The minimum absolute atomic E-state index is 0.228. The van der Waals surface area contributed by atoms with Crippen molar-refractivity contribution >= 4 is 11.9 Å². The van der Waals surface area contributed by atoms with Crippen molar-refractivity contribution in [2.24, 2.45) is 0 Å². The quantitative estimate of drug-likeness (QED) is 0.603. The van der Waals surface area contributed by atoms with Crippen molar-refractivity contribution < 1.29 is 18.0 Å². The van der Waals surface area contributed by atoms with Crippen LogP contribution in [0.25, 0.3) is 6.08 Å². The summed E-state index contributed by atoms with van der Waals surface area (Å²) in [4.78, 5) is 11.7. The number of carbonyl (C=O) groups is 1. The van der Waals surface area contributed by atoms with E-state index in [0.717, 1.165) is 18.2 Å². The summed E-state index contributed by atoms with van der Waals surface area (Å²) in [5.41, 5.74) is 0.255. The summed E-state index contributed by atoms with van der Waals surface area (Å²) in [6, 6.07) is 8.34. The molecule has 0 unspecified atom stereocenters. The van der Waals surface area contributed by atoms with E-state index >= 15 is 0 Å². The first-order chi connectivity index (χ1) is 9.06. The van der Waals surface area contributed by atoms with Crippen molar-refractivity contribution in [1.29, 1.82) is 0 Å². The Morgan fingerprint density at radius 1 is 0.947 bits per heavy atom. The molecule has 2 aromatic rings. The Kier molecular flexibility index (Phi) is 3.80. The molecule has 4 heteroatoms. The highest BCUT2D eigenvalue weighted by atomic mass is 19.1. The van der Waals surface area contributed by atoms with Gasteiger partial charge in [0.1, 0.15) is 17.5 Å². The molecule has 0 amide bonds. The molecule has 96 valence electrons. The summed E-state index contributed by atoms with van der Waals surface area (Å²) >= 11 is 0. The average Bonchev–Trinajstić information content (AvgIpc) is 2.36. The fraction of sp³-hybridized carbons (Fsp3) is 0. The fourth-order valence-electron chi connectivity index (χ4n) is 1.56. The smallest absolute Gasteiger partial charge is 0.188 e. The Bertz CT molecular complexity index is 648. The number of hydrogen-bond acceptors (Lipinski definition) is 1. The third-order valence-electron chi connectivity index (χ3n) is 2.47.